The highest BCUT2D eigenvalue weighted by Crippen LogP contribution is 2.60. The van der Waals surface area contributed by atoms with Gasteiger partial charge in [0.25, 0.3) is 0 Å². The Balaban J connectivity index is 0.000000368. The monoisotopic (exact) mass is 336 g/mol. The molecule has 1 spiro atoms. The second-order valence-electron chi connectivity index (χ2n) is 8.47. The maximum atomic E-state index is 11.6. The van der Waals surface area contributed by atoms with E-state index in [1.807, 2.05) is 11.8 Å². The molecule has 4 nitrogen and oxygen atoms in total. The van der Waals surface area contributed by atoms with Crippen LogP contribution in [0.5, 0.6) is 0 Å². The van der Waals surface area contributed by atoms with Gasteiger partial charge in [-0.05, 0) is 37.0 Å². The highest BCUT2D eigenvalue weighted by atomic mass is 16.1. The first kappa shape index (κ1) is 19.4. The Morgan fingerprint density at radius 2 is 1.62 bits per heavy atom. The lowest BCUT2D eigenvalue weighted by Crippen LogP contribution is -2.60. The van der Waals surface area contributed by atoms with Crippen molar-refractivity contribution in [3.05, 3.63) is 0 Å². The number of piperazine rings is 1. The molecule has 0 unspecified atom stereocenters. The van der Waals surface area contributed by atoms with Crippen molar-refractivity contribution < 1.29 is 9.59 Å². The normalized spacial score (nSPS) is 32.6. The van der Waals surface area contributed by atoms with Crippen LogP contribution in [0.4, 0.5) is 0 Å². The lowest BCUT2D eigenvalue weighted by atomic mass is 9.49. The molecule has 0 N–H and O–H groups in total. The highest BCUT2D eigenvalue weighted by Gasteiger charge is 2.55. The Kier molecular flexibility index (Phi) is 6.85. The van der Waals surface area contributed by atoms with E-state index in [2.05, 4.69) is 25.7 Å². The number of ketones is 1. The van der Waals surface area contributed by atoms with Gasteiger partial charge in [-0.2, -0.15) is 0 Å². The molecule has 138 valence electrons. The van der Waals surface area contributed by atoms with Crippen LogP contribution in [0.1, 0.15) is 66.2 Å². The Morgan fingerprint density at radius 3 is 2.04 bits per heavy atom. The van der Waals surface area contributed by atoms with Crippen molar-refractivity contribution in [1.29, 1.82) is 0 Å². The zero-order valence-electron chi connectivity index (χ0n) is 16.1. The van der Waals surface area contributed by atoms with Gasteiger partial charge in [0.1, 0.15) is 5.78 Å². The predicted molar refractivity (Wildman–Crippen MR) is 97.8 cm³/mol. The minimum atomic E-state index is 0.373. The van der Waals surface area contributed by atoms with Crippen LogP contribution in [0.2, 0.25) is 0 Å². The Hall–Kier alpha value is -0.900. The van der Waals surface area contributed by atoms with Crippen LogP contribution < -0.4 is 0 Å². The number of amides is 1. The number of carbonyl (C=O) groups is 2. The molecule has 1 aliphatic heterocycles. The van der Waals surface area contributed by atoms with Crippen LogP contribution in [0, 0.1) is 17.3 Å². The molecule has 0 radical (unpaired) electrons. The smallest absolute Gasteiger partial charge is 0.209 e. The zero-order valence-corrected chi connectivity index (χ0v) is 16.1. The molecular formula is C20H36N2O2. The van der Waals surface area contributed by atoms with Gasteiger partial charge in [-0.3, -0.25) is 14.5 Å². The first-order chi connectivity index (χ1) is 11.4. The SMILES string of the molecule is CCC(=O)C1CC2(C1)CC(N1CCN(C=O)CC1)C2.CCC(C)C. The average Bonchev–Trinajstić information content (AvgIpc) is 2.53. The van der Waals surface area contributed by atoms with Crippen molar-refractivity contribution in [1.82, 2.24) is 9.80 Å². The van der Waals surface area contributed by atoms with E-state index in [9.17, 15) is 9.59 Å². The van der Waals surface area contributed by atoms with E-state index >= 15 is 0 Å². The third kappa shape index (κ3) is 4.59. The zero-order chi connectivity index (χ0) is 17.7. The summed E-state index contributed by atoms with van der Waals surface area (Å²) in [6.07, 6.45) is 7.82. The van der Waals surface area contributed by atoms with Gasteiger partial charge in [-0.1, -0.05) is 34.1 Å². The molecular weight excluding hydrogens is 300 g/mol. The largest absolute Gasteiger partial charge is 0.343 e. The van der Waals surface area contributed by atoms with Gasteiger partial charge in [0.15, 0.2) is 0 Å². The van der Waals surface area contributed by atoms with E-state index in [0.29, 0.717) is 29.6 Å². The summed E-state index contributed by atoms with van der Waals surface area (Å²) >= 11 is 0. The molecule has 1 heterocycles. The summed E-state index contributed by atoms with van der Waals surface area (Å²) in [6, 6.07) is 0.714. The second kappa shape index (κ2) is 8.46. The van der Waals surface area contributed by atoms with Crippen molar-refractivity contribution >= 4 is 12.2 Å². The predicted octanol–water partition coefficient (Wildman–Crippen LogP) is 3.35. The lowest BCUT2D eigenvalue weighted by Gasteiger charge is -2.60. The van der Waals surface area contributed by atoms with Gasteiger partial charge >= 0.3 is 0 Å². The minimum absolute atomic E-state index is 0.373. The molecule has 0 atom stereocenters. The summed E-state index contributed by atoms with van der Waals surface area (Å²) < 4.78 is 0. The van der Waals surface area contributed by atoms with Crippen LogP contribution in [0.3, 0.4) is 0 Å². The summed E-state index contributed by atoms with van der Waals surface area (Å²) in [7, 11) is 0. The summed E-state index contributed by atoms with van der Waals surface area (Å²) in [5.74, 6) is 1.72. The van der Waals surface area contributed by atoms with Crippen molar-refractivity contribution in [3.8, 4) is 0 Å². The first-order valence-electron chi connectivity index (χ1n) is 9.89. The quantitative estimate of drug-likeness (QED) is 0.723. The van der Waals surface area contributed by atoms with E-state index in [-0.39, 0.29) is 0 Å². The first-order valence-corrected chi connectivity index (χ1v) is 9.89. The molecule has 3 aliphatic rings. The topological polar surface area (TPSA) is 40.6 Å². The van der Waals surface area contributed by atoms with Crippen LogP contribution in [-0.2, 0) is 9.59 Å². The molecule has 3 rings (SSSR count). The average molecular weight is 337 g/mol. The molecule has 0 bridgehead atoms. The van der Waals surface area contributed by atoms with Crippen molar-refractivity contribution in [2.75, 3.05) is 26.2 Å². The third-order valence-electron chi connectivity index (χ3n) is 6.33. The van der Waals surface area contributed by atoms with Crippen LogP contribution in [-0.4, -0.2) is 54.2 Å². The summed E-state index contributed by atoms with van der Waals surface area (Å²) in [4.78, 5) is 26.7. The maximum Gasteiger partial charge on any atom is 0.209 e. The van der Waals surface area contributed by atoms with Gasteiger partial charge in [-0.15, -0.1) is 0 Å². The number of carbonyl (C=O) groups excluding carboxylic acids is 2. The van der Waals surface area contributed by atoms with E-state index in [0.717, 1.165) is 51.3 Å². The minimum Gasteiger partial charge on any atom is -0.343 e. The fourth-order valence-corrected chi connectivity index (χ4v) is 4.24. The molecule has 0 aromatic carbocycles. The summed E-state index contributed by atoms with van der Waals surface area (Å²) in [5, 5.41) is 0. The van der Waals surface area contributed by atoms with Crippen molar-refractivity contribution in [2.45, 2.75) is 72.3 Å². The molecule has 1 amide bonds. The van der Waals surface area contributed by atoms with E-state index in [1.165, 1.54) is 19.3 Å². The molecule has 2 aliphatic carbocycles. The third-order valence-corrected chi connectivity index (χ3v) is 6.33. The van der Waals surface area contributed by atoms with Crippen molar-refractivity contribution in [3.63, 3.8) is 0 Å². The number of Topliss-reactive ketones (excluding diaryl/α,β-unsaturated/α-hetero) is 1. The number of hydrogen-bond donors (Lipinski definition) is 0. The van der Waals surface area contributed by atoms with Crippen LogP contribution >= 0.6 is 0 Å². The Labute approximate surface area is 148 Å². The lowest BCUT2D eigenvalue weighted by molar-refractivity contribution is -0.142. The molecule has 2 saturated carbocycles. The van der Waals surface area contributed by atoms with E-state index in [1.54, 1.807) is 0 Å². The molecule has 1 saturated heterocycles. The summed E-state index contributed by atoms with van der Waals surface area (Å²) in [6.45, 7) is 12.4. The summed E-state index contributed by atoms with van der Waals surface area (Å²) in [5.41, 5.74) is 0.516. The van der Waals surface area contributed by atoms with E-state index < -0.39 is 0 Å². The van der Waals surface area contributed by atoms with Gasteiger partial charge < -0.3 is 4.90 Å². The number of hydrogen-bond acceptors (Lipinski definition) is 3. The molecule has 0 aromatic rings. The Bertz CT molecular complexity index is 413. The van der Waals surface area contributed by atoms with Crippen LogP contribution in [0.15, 0.2) is 0 Å². The van der Waals surface area contributed by atoms with Crippen LogP contribution in [0.25, 0.3) is 0 Å². The Morgan fingerprint density at radius 1 is 1.08 bits per heavy atom. The van der Waals surface area contributed by atoms with Gasteiger partial charge in [0, 0.05) is 44.6 Å². The second-order valence-corrected chi connectivity index (χ2v) is 8.47. The fraction of sp³-hybridized carbons (Fsp3) is 0.900. The maximum absolute atomic E-state index is 11.6. The molecule has 3 fully saturated rings. The fourth-order valence-electron chi connectivity index (χ4n) is 4.24. The molecule has 4 heteroatoms. The number of rotatable bonds is 5. The van der Waals surface area contributed by atoms with Crippen molar-refractivity contribution in [2.24, 2.45) is 17.3 Å². The number of nitrogens with zero attached hydrogens (tertiary/aromatic N) is 2. The standard InChI is InChI=1S/C15H24N2O2.C5H12/c1-2-14(19)12-7-15(8-12)9-13(10-15)17-5-3-16(11-18)4-6-17;1-4-5(2)3/h11-13H,2-10H2,1H3;5H,4H2,1-3H3. The van der Waals surface area contributed by atoms with Gasteiger partial charge in [-0.25, -0.2) is 0 Å². The van der Waals surface area contributed by atoms with E-state index in [4.69, 9.17) is 0 Å². The van der Waals surface area contributed by atoms with Gasteiger partial charge in [0.05, 0.1) is 0 Å². The van der Waals surface area contributed by atoms with Gasteiger partial charge in [0.2, 0.25) is 6.41 Å². The highest BCUT2D eigenvalue weighted by molar-refractivity contribution is 5.81. The molecule has 0 aromatic heterocycles. The molecule has 24 heavy (non-hydrogen) atoms.